The lowest BCUT2D eigenvalue weighted by Crippen LogP contribution is -2.22. The smallest absolute Gasteiger partial charge is 0.251 e. The molecule has 0 saturated carbocycles. The van der Waals surface area contributed by atoms with Gasteiger partial charge < -0.3 is 9.88 Å². The van der Waals surface area contributed by atoms with Gasteiger partial charge in [-0.05, 0) is 24.3 Å². The van der Waals surface area contributed by atoms with E-state index in [0.29, 0.717) is 12.1 Å². The third-order valence-electron chi connectivity index (χ3n) is 2.94. The molecule has 2 heterocycles. The number of aromatic nitrogens is 4. The molecule has 6 heteroatoms. The molecule has 0 unspecified atom stereocenters. The molecule has 0 spiro atoms. The normalized spacial score (nSPS) is 10.4. The zero-order chi connectivity index (χ0) is 13.8. The molecule has 100 valence electrons. The van der Waals surface area contributed by atoms with E-state index < -0.39 is 0 Å². The fourth-order valence-corrected chi connectivity index (χ4v) is 1.86. The van der Waals surface area contributed by atoms with Crippen molar-refractivity contribution in [1.29, 1.82) is 0 Å². The van der Waals surface area contributed by atoms with Crippen molar-refractivity contribution in [3.05, 3.63) is 66.5 Å². The molecule has 0 radical (unpaired) electrons. The molecule has 0 aliphatic carbocycles. The number of nitrogens with one attached hydrogen (secondary N) is 2. The molecule has 1 amide bonds. The highest BCUT2D eigenvalue weighted by molar-refractivity contribution is 5.94. The van der Waals surface area contributed by atoms with Crippen molar-refractivity contribution in [3.8, 4) is 5.69 Å². The van der Waals surface area contributed by atoms with Crippen molar-refractivity contribution in [2.24, 2.45) is 0 Å². The third-order valence-corrected chi connectivity index (χ3v) is 2.94. The van der Waals surface area contributed by atoms with E-state index >= 15 is 0 Å². The summed E-state index contributed by atoms with van der Waals surface area (Å²) in [6.07, 6.45) is 8.72. The predicted octanol–water partition coefficient (Wildman–Crippen LogP) is 1.53. The van der Waals surface area contributed by atoms with Gasteiger partial charge in [0.05, 0.1) is 12.5 Å². The maximum Gasteiger partial charge on any atom is 0.251 e. The number of nitrogens with zero attached hydrogens (tertiary/aromatic N) is 3. The van der Waals surface area contributed by atoms with Gasteiger partial charge in [-0.1, -0.05) is 0 Å². The Kier molecular flexibility index (Phi) is 3.28. The predicted molar refractivity (Wildman–Crippen MR) is 73.3 cm³/mol. The molecule has 2 aromatic heterocycles. The van der Waals surface area contributed by atoms with Crippen LogP contribution >= 0.6 is 0 Å². The average Bonchev–Trinajstić information content (AvgIpc) is 3.18. The monoisotopic (exact) mass is 267 g/mol. The minimum Gasteiger partial charge on any atom is -0.348 e. The molecule has 6 nitrogen and oxygen atoms in total. The van der Waals surface area contributed by atoms with Gasteiger partial charge in [-0.2, -0.15) is 5.10 Å². The number of carbonyl (C=O) groups is 1. The SMILES string of the molecule is O=C(NCc1cn[nH]c1)c1ccc(-n2ccnc2)cc1. The zero-order valence-electron chi connectivity index (χ0n) is 10.7. The van der Waals surface area contributed by atoms with Gasteiger partial charge in [0.1, 0.15) is 0 Å². The van der Waals surface area contributed by atoms with Gasteiger partial charge in [0.25, 0.3) is 5.91 Å². The summed E-state index contributed by atoms with van der Waals surface area (Å²) < 4.78 is 1.88. The highest BCUT2D eigenvalue weighted by Crippen LogP contribution is 2.09. The van der Waals surface area contributed by atoms with Crippen LogP contribution in [0.15, 0.2) is 55.4 Å². The zero-order valence-corrected chi connectivity index (χ0v) is 10.7. The number of H-pyrrole nitrogens is 1. The Morgan fingerprint density at radius 2 is 2.15 bits per heavy atom. The number of amides is 1. The van der Waals surface area contributed by atoms with Crippen LogP contribution in [-0.2, 0) is 6.54 Å². The molecular weight excluding hydrogens is 254 g/mol. The van der Waals surface area contributed by atoms with Crippen molar-refractivity contribution >= 4 is 5.91 Å². The molecule has 0 fully saturated rings. The molecule has 0 aliphatic heterocycles. The number of carbonyl (C=O) groups excluding carboxylic acids is 1. The minimum atomic E-state index is -0.108. The third kappa shape index (κ3) is 2.59. The number of hydrogen-bond donors (Lipinski definition) is 2. The van der Waals surface area contributed by atoms with Gasteiger partial charge in [0.2, 0.25) is 0 Å². The lowest BCUT2D eigenvalue weighted by Gasteiger charge is -2.05. The molecule has 20 heavy (non-hydrogen) atoms. The Hall–Kier alpha value is -2.89. The van der Waals surface area contributed by atoms with Crippen LogP contribution in [0.3, 0.4) is 0 Å². The van der Waals surface area contributed by atoms with Crippen LogP contribution in [0.25, 0.3) is 5.69 Å². The Labute approximate surface area is 115 Å². The summed E-state index contributed by atoms with van der Waals surface area (Å²) >= 11 is 0. The van der Waals surface area contributed by atoms with Crippen molar-refractivity contribution in [2.45, 2.75) is 6.54 Å². The average molecular weight is 267 g/mol. The van der Waals surface area contributed by atoms with Crippen LogP contribution in [-0.4, -0.2) is 25.7 Å². The van der Waals surface area contributed by atoms with Crippen LogP contribution in [0.2, 0.25) is 0 Å². The van der Waals surface area contributed by atoms with Crippen LogP contribution in [0, 0.1) is 0 Å². The number of rotatable bonds is 4. The summed E-state index contributed by atoms with van der Waals surface area (Å²) in [5.41, 5.74) is 2.53. The number of benzene rings is 1. The van der Waals surface area contributed by atoms with Crippen LogP contribution < -0.4 is 5.32 Å². The molecule has 3 aromatic rings. The van der Waals surface area contributed by atoms with Gasteiger partial charge in [0.15, 0.2) is 0 Å². The van der Waals surface area contributed by atoms with E-state index in [1.807, 2.05) is 22.9 Å². The first-order chi connectivity index (χ1) is 9.83. The van der Waals surface area contributed by atoms with Crippen molar-refractivity contribution < 1.29 is 4.79 Å². The maximum absolute atomic E-state index is 12.0. The topological polar surface area (TPSA) is 75.6 Å². The van der Waals surface area contributed by atoms with Crippen molar-refractivity contribution in [3.63, 3.8) is 0 Å². The van der Waals surface area contributed by atoms with E-state index in [1.165, 1.54) is 0 Å². The summed E-state index contributed by atoms with van der Waals surface area (Å²) in [5.74, 6) is -0.108. The second-order valence-electron chi connectivity index (χ2n) is 4.31. The molecule has 0 aliphatic rings. The number of imidazole rings is 1. The Morgan fingerprint density at radius 3 is 2.80 bits per heavy atom. The van der Waals surface area contributed by atoms with Gasteiger partial charge in [-0.15, -0.1) is 0 Å². The lowest BCUT2D eigenvalue weighted by atomic mass is 10.2. The van der Waals surface area contributed by atoms with Crippen LogP contribution in [0.4, 0.5) is 0 Å². The minimum absolute atomic E-state index is 0.108. The van der Waals surface area contributed by atoms with E-state index in [4.69, 9.17) is 0 Å². The largest absolute Gasteiger partial charge is 0.348 e. The number of aromatic amines is 1. The highest BCUT2D eigenvalue weighted by Gasteiger charge is 2.05. The molecule has 1 aromatic carbocycles. The molecular formula is C14H13N5O. The van der Waals surface area contributed by atoms with E-state index in [0.717, 1.165) is 11.3 Å². The first-order valence-electron chi connectivity index (χ1n) is 6.17. The second kappa shape index (κ2) is 5.40. The Balaban J connectivity index is 1.66. The first kappa shape index (κ1) is 12.2. The summed E-state index contributed by atoms with van der Waals surface area (Å²) in [6, 6.07) is 7.35. The maximum atomic E-state index is 12.0. The highest BCUT2D eigenvalue weighted by atomic mass is 16.1. The fourth-order valence-electron chi connectivity index (χ4n) is 1.86. The molecule has 0 saturated heterocycles. The Bertz CT molecular complexity index is 671. The van der Waals surface area contributed by atoms with Crippen LogP contribution in [0.1, 0.15) is 15.9 Å². The molecule has 0 atom stereocenters. The molecule has 2 N–H and O–H groups in total. The summed E-state index contributed by atoms with van der Waals surface area (Å²) in [7, 11) is 0. The van der Waals surface area contributed by atoms with Crippen molar-refractivity contribution in [2.75, 3.05) is 0 Å². The quantitative estimate of drug-likeness (QED) is 0.752. The standard InChI is InChI=1S/C14H13N5O/c20-14(16-7-11-8-17-18-9-11)12-1-3-13(4-2-12)19-6-5-15-10-19/h1-6,8-10H,7H2,(H,16,20)(H,17,18). The van der Waals surface area contributed by atoms with E-state index in [9.17, 15) is 4.79 Å². The fraction of sp³-hybridized carbons (Fsp3) is 0.0714. The van der Waals surface area contributed by atoms with E-state index in [2.05, 4.69) is 20.5 Å². The van der Waals surface area contributed by atoms with Gasteiger partial charge in [0, 0.05) is 41.9 Å². The molecule has 0 bridgehead atoms. The summed E-state index contributed by atoms with van der Waals surface area (Å²) in [6.45, 7) is 0.457. The van der Waals surface area contributed by atoms with Crippen molar-refractivity contribution in [1.82, 2.24) is 25.1 Å². The first-order valence-corrected chi connectivity index (χ1v) is 6.17. The van der Waals surface area contributed by atoms with Gasteiger partial charge in [-0.25, -0.2) is 4.98 Å². The molecule has 3 rings (SSSR count). The van der Waals surface area contributed by atoms with Gasteiger partial charge >= 0.3 is 0 Å². The summed E-state index contributed by atoms with van der Waals surface area (Å²) in [4.78, 5) is 16.0. The van der Waals surface area contributed by atoms with E-state index in [-0.39, 0.29) is 5.91 Å². The number of hydrogen-bond acceptors (Lipinski definition) is 3. The van der Waals surface area contributed by atoms with Crippen LogP contribution in [0.5, 0.6) is 0 Å². The lowest BCUT2D eigenvalue weighted by molar-refractivity contribution is 0.0951. The second-order valence-corrected chi connectivity index (χ2v) is 4.31. The van der Waals surface area contributed by atoms with Gasteiger partial charge in [-0.3, -0.25) is 9.89 Å². The Morgan fingerprint density at radius 1 is 1.30 bits per heavy atom. The summed E-state index contributed by atoms with van der Waals surface area (Å²) in [5, 5.41) is 9.37. The van der Waals surface area contributed by atoms with E-state index in [1.54, 1.807) is 37.1 Å².